The Morgan fingerprint density at radius 3 is 2.69 bits per heavy atom. The average molecular weight is 187 g/mol. The molecule has 0 spiro atoms. The van der Waals surface area contributed by atoms with Crippen LogP contribution in [0, 0.1) is 0 Å². The fourth-order valence-electron chi connectivity index (χ4n) is 1.95. The van der Waals surface area contributed by atoms with Crippen molar-refractivity contribution in [2.24, 2.45) is 0 Å². The van der Waals surface area contributed by atoms with E-state index < -0.39 is 0 Å². The van der Waals surface area contributed by atoms with Crippen LogP contribution in [-0.2, 0) is 4.74 Å². The molecular formula is C10H21NO2. The molecule has 0 amide bonds. The minimum Gasteiger partial charge on any atom is -0.395 e. The molecule has 0 radical (unpaired) electrons. The van der Waals surface area contributed by atoms with Gasteiger partial charge < -0.3 is 9.84 Å². The molecule has 3 nitrogen and oxygen atoms in total. The first-order valence-corrected chi connectivity index (χ1v) is 4.97. The first-order chi connectivity index (χ1) is 5.94. The molecule has 78 valence electrons. The predicted molar refractivity (Wildman–Crippen MR) is 52.7 cm³/mol. The molecule has 1 rings (SSSR count). The molecule has 1 aliphatic heterocycles. The van der Waals surface area contributed by atoms with Gasteiger partial charge in [0.05, 0.1) is 18.3 Å². The third kappa shape index (κ3) is 2.93. The number of ether oxygens (including phenoxy) is 1. The minimum absolute atomic E-state index is 0.0822. The molecule has 0 aromatic rings. The van der Waals surface area contributed by atoms with Crippen molar-refractivity contribution >= 4 is 0 Å². The number of hydrogen-bond acceptors (Lipinski definition) is 3. The van der Waals surface area contributed by atoms with Crippen molar-refractivity contribution in [1.82, 2.24) is 4.90 Å². The van der Waals surface area contributed by atoms with Gasteiger partial charge in [-0.05, 0) is 27.7 Å². The van der Waals surface area contributed by atoms with E-state index in [0.717, 1.165) is 13.1 Å². The summed E-state index contributed by atoms with van der Waals surface area (Å²) in [4.78, 5) is 2.29. The van der Waals surface area contributed by atoms with Crippen molar-refractivity contribution in [2.45, 2.75) is 45.4 Å². The third-order valence-electron chi connectivity index (χ3n) is 2.48. The van der Waals surface area contributed by atoms with E-state index in [-0.39, 0.29) is 24.4 Å². The zero-order valence-corrected chi connectivity index (χ0v) is 9.08. The maximum atomic E-state index is 9.06. The zero-order valence-electron chi connectivity index (χ0n) is 9.08. The number of rotatable bonds is 2. The fraction of sp³-hybridized carbons (Fsp3) is 1.00. The largest absolute Gasteiger partial charge is 0.395 e. The highest BCUT2D eigenvalue weighted by Crippen LogP contribution is 2.21. The Balaban J connectivity index is 2.57. The van der Waals surface area contributed by atoms with Gasteiger partial charge in [0.2, 0.25) is 0 Å². The Labute approximate surface area is 80.7 Å². The van der Waals surface area contributed by atoms with Crippen LogP contribution in [0.2, 0.25) is 0 Å². The molecule has 13 heavy (non-hydrogen) atoms. The van der Waals surface area contributed by atoms with E-state index in [1.807, 2.05) is 6.92 Å². The van der Waals surface area contributed by atoms with Gasteiger partial charge in [0.1, 0.15) is 0 Å². The molecule has 1 N–H and O–H groups in total. The summed E-state index contributed by atoms with van der Waals surface area (Å²) >= 11 is 0. The molecule has 1 heterocycles. The van der Waals surface area contributed by atoms with E-state index in [4.69, 9.17) is 9.84 Å². The summed E-state index contributed by atoms with van der Waals surface area (Å²) in [7, 11) is 0. The normalized spacial score (nSPS) is 31.6. The molecule has 1 aliphatic rings. The number of aliphatic hydroxyl groups is 1. The number of morpholine rings is 1. The standard InChI is InChI=1S/C10H21NO2/c1-8(6-12)11-5-9(2)13-10(3,4)7-11/h8-9,12H,5-7H2,1-4H3. The topological polar surface area (TPSA) is 32.7 Å². The lowest BCUT2D eigenvalue weighted by molar-refractivity contribution is -0.139. The zero-order chi connectivity index (χ0) is 10.1. The Hall–Kier alpha value is -0.120. The maximum Gasteiger partial charge on any atom is 0.0757 e. The minimum atomic E-state index is -0.0822. The second-order valence-corrected chi connectivity index (χ2v) is 4.65. The second kappa shape index (κ2) is 3.95. The molecular weight excluding hydrogens is 166 g/mol. The Kier molecular flexibility index (Phi) is 3.33. The van der Waals surface area contributed by atoms with E-state index in [2.05, 4.69) is 25.7 Å². The van der Waals surface area contributed by atoms with Crippen molar-refractivity contribution in [1.29, 1.82) is 0 Å². The lowest BCUT2D eigenvalue weighted by atomic mass is 10.0. The molecule has 2 atom stereocenters. The van der Waals surface area contributed by atoms with Gasteiger partial charge in [-0.15, -0.1) is 0 Å². The van der Waals surface area contributed by atoms with Crippen LogP contribution < -0.4 is 0 Å². The molecule has 1 fully saturated rings. The smallest absolute Gasteiger partial charge is 0.0757 e. The molecule has 0 saturated carbocycles. The second-order valence-electron chi connectivity index (χ2n) is 4.65. The first kappa shape index (κ1) is 11.0. The molecule has 0 aromatic heterocycles. The lowest BCUT2D eigenvalue weighted by Gasteiger charge is -2.43. The molecule has 3 heteroatoms. The van der Waals surface area contributed by atoms with E-state index >= 15 is 0 Å². The number of aliphatic hydroxyl groups excluding tert-OH is 1. The molecule has 2 unspecified atom stereocenters. The van der Waals surface area contributed by atoms with Gasteiger partial charge in [0.15, 0.2) is 0 Å². The van der Waals surface area contributed by atoms with Crippen LogP contribution in [0.3, 0.4) is 0 Å². The number of nitrogens with zero attached hydrogens (tertiary/aromatic N) is 1. The van der Waals surface area contributed by atoms with Gasteiger partial charge in [0.25, 0.3) is 0 Å². The molecule has 0 aliphatic carbocycles. The summed E-state index contributed by atoms with van der Waals surface area (Å²) in [6, 6.07) is 0.241. The van der Waals surface area contributed by atoms with Crippen LogP contribution in [0.15, 0.2) is 0 Å². The Bertz CT molecular complexity index is 170. The average Bonchev–Trinajstić information content (AvgIpc) is 1.99. The highest BCUT2D eigenvalue weighted by Gasteiger charge is 2.32. The van der Waals surface area contributed by atoms with Crippen molar-refractivity contribution in [3.05, 3.63) is 0 Å². The van der Waals surface area contributed by atoms with E-state index in [9.17, 15) is 0 Å². The molecule has 1 saturated heterocycles. The quantitative estimate of drug-likeness (QED) is 0.696. The van der Waals surface area contributed by atoms with Crippen molar-refractivity contribution in [3.8, 4) is 0 Å². The van der Waals surface area contributed by atoms with Gasteiger partial charge in [-0.2, -0.15) is 0 Å². The summed E-state index contributed by atoms with van der Waals surface area (Å²) < 4.78 is 5.78. The maximum absolute atomic E-state index is 9.06. The summed E-state index contributed by atoms with van der Waals surface area (Å²) in [5.74, 6) is 0. The molecule has 0 aromatic carbocycles. The van der Waals surface area contributed by atoms with Crippen LogP contribution in [0.4, 0.5) is 0 Å². The van der Waals surface area contributed by atoms with Crippen molar-refractivity contribution < 1.29 is 9.84 Å². The monoisotopic (exact) mass is 187 g/mol. The number of hydrogen-bond donors (Lipinski definition) is 1. The van der Waals surface area contributed by atoms with Gasteiger partial charge in [-0.25, -0.2) is 0 Å². The lowest BCUT2D eigenvalue weighted by Crippen LogP contribution is -2.55. The van der Waals surface area contributed by atoms with E-state index in [0.29, 0.717) is 0 Å². The van der Waals surface area contributed by atoms with Crippen LogP contribution in [0.25, 0.3) is 0 Å². The summed E-state index contributed by atoms with van der Waals surface area (Å²) in [6.45, 7) is 10.4. The van der Waals surface area contributed by atoms with Crippen molar-refractivity contribution in [3.63, 3.8) is 0 Å². The first-order valence-electron chi connectivity index (χ1n) is 4.97. The molecule has 0 bridgehead atoms. The van der Waals surface area contributed by atoms with Gasteiger partial charge in [-0.1, -0.05) is 0 Å². The van der Waals surface area contributed by atoms with Crippen LogP contribution in [0.5, 0.6) is 0 Å². The highest BCUT2D eigenvalue weighted by molar-refractivity contribution is 4.84. The Morgan fingerprint density at radius 1 is 1.62 bits per heavy atom. The van der Waals surface area contributed by atoms with Crippen LogP contribution in [-0.4, -0.2) is 47.4 Å². The van der Waals surface area contributed by atoms with Gasteiger partial charge in [-0.3, -0.25) is 4.90 Å². The van der Waals surface area contributed by atoms with E-state index in [1.54, 1.807) is 0 Å². The highest BCUT2D eigenvalue weighted by atomic mass is 16.5. The summed E-state index contributed by atoms with van der Waals surface area (Å²) in [6.07, 6.45) is 0.262. The van der Waals surface area contributed by atoms with E-state index in [1.165, 1.54) is 0 Å². The van der Waals surface area contributed by atoms with Gasteiger partial charge in [0, 0.05) is 19.1 Å². The predicted octanol–water partition coefficient (Wildman–Crippen LogP) is 0.866. The van der Waals surface area contributed by atoms with Gasteiger partial charge >= 0.3 is 0 Å². The summed E-state index contributed by atoms with van der Waals surface area (Å²) in [5.41, 5.74) is -0.0822. The summed E-state index contributed by atoms with van der Waals surface area (Å²) in [5, 5.41) is 9.06. The van der Waals surface area contributed by atoms with Crippen molar-refractivity contribution in [2.75, 3.05) is 19.7 Å². The third-order valence-corrected chi connectivity index (χ3v) is 2.48. The van der Waals surface area contributed by atoms with Crippen LogP contribution >= 0.6 is 0 Å². The van der Waals surface area contributed by atoms with Crippen LogP contribution in [0.1, 0.15) is 27.7 Å². The fourth-order valence-corrected chi connectivity index (χ4v) is 1.95. The Morgan fingerprint density at radius 2 is 2.23 bits per heavy atom. The SMILES string of the molecule is CC1CN(C(C)CO)CC(C)(C)O1.